The van der Waals surface area contributed by atoms with Crippen LogP contribution in [0, 0.1) is 5.92 Å². The molecule has 0 aliphatic rings. The van der Waals surface area contributed by atoms with Gasteiger partial charge in [-0.3, -0.25) is 14.5 Å². The zero-order valence-electron chi connectivity index (χ0n) is 29.9. The smallest absolute Gasteiger partial charge is 0.187 e. The van der Waals surface area contributed by atoms with Crippen LogP contribution >= 0.6 is 0 Å². The van der Waals surface area contributed by atoms with E-state index in [9.17, 15) is 14.7 Å². The number of allylic oxidation sites excluding steroid dienone is 12. The predicted molar refractivity (Wildman–Crippen MR) is 196 cm³/mol. The molecule has 0 aliphatic carbocycles. The molecule has 0 rings (SSSR count). The SMILES string of the molecule is CC/C=C\C/C=C\C/C=C\CCCCCCCC(=O)C(C)C(O)(C(=O)CCCCCCC/C=C\C/C=C\C/C=C\CC)N(C)C. The third kappa shape index (κ3) is 22.8. The van der Waals surface area contributed by atoms with Crippen molar-refractivity contribution in [1.29, 1.82) is 0 Å². The normalized spacial score (nSPS) is 14.8. The molecule has 1 N–H and O–H groups in total. The number of hydrogen-bond acceptors (Lipinski definition) is 4. The second kappa shape index (κ2) is 30.4. The summed E-state index contributed by atoms with van der Waals surface area (Å²) in [6.07, 6.45) is 46.2. The lowest BCUT2D eigenvalue weighted by Crippen LogP contribution is -2.58. The van der Waals surface area contributed by atoms with E-state index in [0.29, 0.717) is 12.8 Å². The van der Waals surface area contributed by atoms with Crippen LogP contribution in [0.3, 0.4) is 0 Å². The summed E-state index contributed by atoms with van der Waals surface area (Å²) in [5, 5.41) is 11.4. The van der Waals surface area contributed by atoms with Crippen LogP contribution in [0.1, 0.15) is 149 Å². The first-order valence-corrected chi connectivity index (χ1v) is 18.2. The number of unbranched alkanes of at least 4 members (excludes halogenated alkanes) is 10. The molecule has 2 atom stereocenters. The van der Waals surface area contributed by atoms with Gasteiger partial charge >= 0.3 is 0 Å². The maximum atomic E-state index is 13.1. The number of carbonyl (C=O) groups is 2. The van der Waals surface area contributed by atoms with Gasteiger partial charge in [0.15, 0.2) is 11.5 Å². The van der Waals surface area contributed by atoms with E-state index in [0.717, 1.165) is 109 Å². The Morgan fingerprint density at radius 3 is 1.33 bits per heavy atom. The molecule has 0 bridgehead atoms. The topological polar surface area (TPSA) is 57.6 Å². The number of rotatable bonds is 30. The van der Waals surface area contributed by atoms with Crippen LogP contribution in [0.15, 0.2) is 72.9 Å². The van der Waals surface area contributed by atoms with Gasteiger partial charge in [0.1, 0.15) is 5.78 Å². The Balaban J connectivity index is 4.13. The monoisotopic (exact) mass is 624 g/mol. The first-order valence-electron chi connectivity index (χ1n) is 18.2. The minimum absolute atomic E-state index is 0.0161. The van der Waals surface area contributed by atoms with Gasteiger partial charge in [0.25, 0.3) is 0 Å². The summed E-state index contributed by atoms with van der Waals surface area (Å²) in [6, 6.07) is 0. The molecule has 0 saturated carbocycles. The van der Waals surface area contributed by atoms with Crippen molar-refractivity contribution in [2.75, 3.05) is 14.1 Å². The standard InChI is InChI=1S/C41H69NO3/c1-6-8-10-12-14-16-18-20-22-24-26-28-30-32-34-36-39(43)38(3)41(45,42(4)5)40(44)37-35-33-31-29-27-25-23-21-19-17-15-13-11-9-7-2/h8-11,14-17,20-23,38,45H,6-7,12-13,18-19,24-37H2,1-5H3/b10-8-,11-9-,16-14-,17-15-,22-20-,23-21-. The largest absolute Gasteiger partial charge is 0.368 e. The molecule has 0 heterocycles. The fraction of sp³-hybridized carbons (Fsp3) is 0.659. The summed E-state index contributed by atoms with van der Waals surface area (Å²) < 4.78 is 0. The number of nitrogens with zero attached hydrogens (tertiary/aromatic N) is 1. The number of hydrogen-bond donors (Lipinski definition) is 1. The van der Waals surface area contributed by atoms with Gasteiger partial charge in [0.2, 0.25) is 0 Å². The Bertz CT molecular complexity index is 908. The van der Waals surface area contributed by atoms with Crippen LogP contribution in [-0.2, 0) is 9.59 Å². The maximum Gasteiger partial charge on any atom is 0.187 e. The lowest BCUT2D eigenvalue weighted by Gasteiger charge is -2.37. The van der Waals surface area contributed by atoms with Crippen molar-refractivity contribution < 1.29 is 14.7 Å². The molecule has 2 unspecified atom stereocenters. The van der Waals surface area contributed by atoms with Crippen LogP contribution in [0.4, 0.5) is 0 Å². The van der Waals surface area contributed by atoms with Gasteiger partial charge in [-0.05, 0) is 91.1 Å². The average molecular weight is 624 g/mol. The molecule has 0 radical (unpaired) electrons. The fourth-order valence-electron chi connectivity index (χ4n) is 5.33. The third-order valence-corrected chi connectivity index (χ3v) is 8.31. The molecular formula is C41H69NO3. The molecule has 4 heteroatoms. The Labute approximate surface area is 278 Å². The quantitative estimate of drug-likeness (QED) is 0.0491. The average Bonchev–Trinajstić information content (AvgIpc) is 3.03. The zero-order chi connectivity index (χ0) is 33.4. The minimum atomic E-state index is -1.73. The highest BCUT2D eigenvalue weighted by Crippen LogP contribution is 2.27. The second-order valence-corrected chi connectivity index (χ2v) is 12.4. The molecule has 0 aromatic rings. The molecule has 4 nitrogen and oxygen atoms in total. The Kier molecular flexibility index (Phi) is 28.8. The van der Waals surface area contributed by atoms with Gasteiger partial charge in [-0.25, -0.2) is 0 Å². The van der Waals surface area contributed by atoms with Crippen LogP contribution in [0.5, 0.6) is 0 Å². The zero-order valence-corrected chi connectivity index (χ0v) is 29.9. The molecule has 0 saturated heterocycles. The van der Waals surface area contributed by atoms with Crippen molar-refractivity contribution in [1.82, 2.24) is 4.90 Å². The van der Waals surface area contributed by atoms with E-state index < -0.39 is 11.6 Å². The number of ketones is 2. The van der Waals surface area contributed by atoms with Crippen molar-refractivity contribution in [3.8, 4) is 0 Å². The van der Waals surface area contributed by atoms with Gasteiger partial charge in [0.05, 0.1) is 5.92 Å². The highest BCUT2D eigenvalue weighted by Gasteiger charge is 2.45. The molecule has 0 spiro atoms. The molecule has 45 heavy (non-hydrogen) atoms. The number of Topliss-reactive ketones (excluding diaryl/α,β-unsaturated/α-hetero) is 2. The third-order valence-electron chi connectivity index (χ3n) is 8.31. The van der Waals surface area contributed by atoms with Crippen molar-refractivity contribution >= 4 is 11.6 Å². The Hall–Kier alpha value is -2.30. The predicted octanol–water partition coefficient (Wildman–Crippen LogP) is 11.2. The van der Waals surface area contributed by atoms with Gasteiger partial charge in [-0.1, -0.05) is 132 Å². The summed E-state index contributed by atoms with van der Waals surface area (Å²) in [7, 11) is 3.40. The second-order valence-electron chi connectivity index (χ2n) is 12.4. The summed E-state index contributed by atoms with van der Waals surface area (Å²) in [5.41, 5.74) is -1.73. The van der Waals surface area contributed by atoms with Crippen LogP contribution < -0.4 is 0 Å². The van der Waals surface area contributed by atoms with Crippen molar-refractivity contribution in [2.24, 2.45) is 5.92 Å². The van der Waals surface area contributed by atoms with E-state index in [2.05, 4.69) is 86.8 Å². The summed E-state index contributed by atoms with van der Waals surface area (Å²) in [5.74, 6) is -0.972. The number of likely N-dealkylation sites (N-methyl/N-ethyl adjacent to an activating group) is 1. The van der Waals surface area contributed by atoms with E-state index in [-0.39, 0.29) is 11.6 Å². The fourth-order valence-corrected chi connectivity index (χ4v) is 5.33. The summed E-state index contributed by atoms with van der Waals surface area (Å²) in [4.78, 5) is 27.6. The van der Waals surface area contributed by atoms with E-state index in [1.165, 1.54) is 11.3 Å². The van der Waals surface area contributed by atoms with E-state index in [1.54, 1.807) is 21.0 Å². The summed E-state index contributed by atoms with van der Waals surface area (Å²) in [6.45, 7) is 6.02. The van der Waals surface area contributed by atoms with Crippen molar-refractivity contribution in [3.63, 3.8) is 0 Å². The number of carbonyl (C=O) groups excluding carboxylic acids is 2. The molecular weight excluding hydrogens is 554 g/mol. The Morgan fingerprint density at radius 2 is 0.911 bits per heavy atom. The van der Waals surface area contributed by atoms with Crippen LogP contribution in [-0.4, -0.2) is 41.4 Å². The van der Waals surface area contributed by atoms with Gasteiger partial charge < -0.3 is 5.11 Å². The van der Waals surface area contributed by atoms with E-state index in [1.807, 2.05) is 0 Å². The summed E-state index contributed by atoms with van der Waals surface area (Å²) >= 11 is 0. The highest BCUT2D eigenvalue weighted by atomic mass is 16.3. The first-order chi connectivity index (χ1) is 21.8. The minimum Gasteiger partial charge on any atom is -0.368 e. The molecule has 0 fully saturated rings. The lowest BCUT2D eigenvalue weighted by atomic mass is 9.84. The first kappa shape index (κ1) is 42.7. The Morgan fingerprint density at radius 1 is 0.556 bits per heavy atom. The van der Waals surface area contributed by atoms with Crippen molar-refractivity contribution in [2.45, 2.75) is 155 Å². The van der Waals surface area contributed by atoms with E-state index >= 15 is 0 Å². The van der Waals surface area contributed by atoms with E-state index in [4.69, 9.17) is 0 Å². The van der Waals surface area contributed by atoms with Gasteiger partial charge in [-0.2, -0.15) is 0 Å². The molecule has 0 aromatic heterocycles. The van der Waals surface area contributed by atoms with Crippen LogP contribution in [0.2, 0.25) is 0 Å². The molecule has 0 aliphatic heterocycles. The number of aliphatic hydroxyl groups is 1. The molecule has 0 aromatic carbocycles. The van der Waals surface area contributed by atoms with Gasteiger partial charge in [0, 0.05) is 12.8 Å². The van der Waals surface area contributed by atoms with Gasteiger partial charge in [-0.15, -0.1) is 0 Å². The van der Waals surface area contributed by atoms with Crippen LogP contribution in [0.25, 0.3) is 0 Å². The molecule has 0 amide bonds. The maximum absolute atomic E-state index is 13.1. The molecule has 256 valence electrons. The highest BCUT2D eigenvalue weighted by molar-refractivity contribution is 5.94. The lowest BCUT2D eigenvalue weighted by molar-refractivity contribution is -0.172. The van der Waals surface area contributed by atoms with Crippen molar-refractivity contribution in [3.05, 3.63) is 72.9 Å².